The third-order valence-electron chi connectivity index (χ3n) is 4.40. The Morgan fingerprint density at radius 1 is 1.25 bits per heavy atom. The zero-order valence-corrected chi connectivity index (χ0v) is 15.1. The van der Waals surface area contributed by atoms with Crippen molar-refractivity contribution in [2.24, 2.45) is 0 Å². The van der Waals surface area contributed by atoms with Crippen molar-refractivity contribution in [2.75, 3.05) is 44.2 Å². The van der Waals surface area contributed by atoms with E-state index in [9.17, 15) is 4.79 Å². The number of hydrogen-bond donors (Lipinski definition) is 0. The molecule has 130 valence electrons. The first kappa shape index (κ1) is 17.0. The summed E-state index contributed by atoms with van der Waals surface area (Å²) in [5, 5.41) is 3.01. The lowest BCUT2D eigenvalue weighted by Gasteiger charge is -2.34. The molecule has 0 atom stereocenters. The van der Waals surface area contributed by atoms with Gasteiger partial charge in [-0.2, -0.15) is 0 Å². The molecule has 2 aromatic rings. The molecule has 1 aliphatic heterocycles. The highest BCUT2D eigenvalue weighted by molar-refractivity contribution is 7.13. The Morgan fingerprint density at radius 2 is 2.00 bits per heavy atom. The van der Waals surface area contributed by atoms with Gasteiger partial charge in [-0.05, 0) is 25.2 Å². The molecule has 0 spiro atoms. The predicted octanol–water partition coefficient (Wildman–Crippen LogP) is 2.54. The van der Waals surface area contributed by atoms with E-state index in [4.69, 9.17) is 4.42 Å². The molecule has 3 rings (SSSR count). The van der Waals surface area contributed by atoms with E-state index in [1.165, 1.54) is 0 Å². The van der Waals surface area contributed by atoms with E-state index in [1.54, 1.807) is 17.4 Å². The van der Waals surface area contributed by atoms with Gasteiger partial charge in [-0.15, -0.1) is 11.3 Å². The SMILES string of the molecule is CCN(CC)Cc1ccc(C(=O)N2CCN(c3nccs3)CC2)o1. The molecule has 0 bridgehead atoms. The number of amides is 1. The van der Waals surface area contributed by atoms with Crippen LogP contribution >= 0.6 is 11.3 Å². The number of carbonyl (C=O) groups excluding carboxylic acids is 1. The molecule has 0 radical (unpaired) electrons. The smallest absolute Gasteiger partial charge is 0.289 e. The number of nitrogens with zero attached hydrogens (tertiary/aromatic N) is 4. The van der Waals surface area contributed by atoms with Gasteiger partial charge in [-0.1, -0.05) is 13.8 Å². The topological polar surface area (TPSA) is 52.8 Å². The van der Waals surface area contributed by atoms with E-state index in [0.717, 1.165) is 43.6 Å². The average Bonchev–Trinajstić information content (AvgIpc) is 3.31. The number of hydrogen-bond acceptors (Lipinski definition) is 6. The Balaban J connectivity index is 1.56. The molecule has 0 aliphatic carbocycles. The summed E-state index contributed by atoms with van der Waals surface area (Å²) < 4.78 is 5.78. The Morgan fingerprint density at radius 3 is 2.62 bits per heavy atom. The lowest BCUT2D eigenvalue weighted by molar-refractivity contribution is 0.0711. The summed E-state index contributed by atoms with van der Waals surface area (Å²) in [5.41, 5.74) is 0. The maximum absolute atomic E-state index is 12.6. The van der Waals surface area contributed by atoms with Crippen molar-refractivity contribution in [3.63, 3.8) is 0 Å². The second-order valence-corrected chi connectivity index (χ2v) is 6.69. The molecule has 0 unspecified atom stereocenters. The largest absolute Gasteiger partial charge is 0.455 e. The second-order valence-electron chi connectivity index (χ2n) is 5.82. The molecular formula is C17H24N4O2S. The van der Waals surface area contributed by atoms with Crippen molar-refractivity contribution in [3.8, 4) is 0 Å². The lowest BCUT2D eigenvalue weighted by atomic mass is 10.3. The Kier molecular flexibility index (Phi) is 5.52. The summed E-state index contributed by atoms with van der Waals surface area (Å²) in [4.78, 5) is 23.3. The van der Waals surface area contributed by atoms with Crippen molar-refractivity contribution >= 4 is 22.4 Å². The monoisotopic (exact) mass is 348 g/mol. The van der Waals surface area contributed by atoms with E-state index in [0.29, 0.717) is 18.8 Å². The van der Waals surface area contributed by atoms with Crippen LogP contribution in [0.2, 0.25) is 0 Å². The van der Waals surface area contributed by atoms with Gasteiger partial charge in [0, 0.05) is 37.8 Å². The van der Waals surface area contributed by atoms with Crippen LogP contribution in [-0.4, -0.2) is 60.0 Å². The first-order valence-electron chi connectivity index (χ1n) is 8.46. The van der Waals surface area contributed by atoms with Gasteiger partial charge in [-0.3, -0.25) is 9.69 Å². The molecule has 24 heavy (non-hydrogen) atoms. The average molecular weight is 348 g/mol. The zero-order chi connectivity index (χ0) is 16.9. The van der Waals surface area contributed by atoms with E-state index in [-0.39, 0.29) is 5.91 Å². The van der Waals surface area contributed by atoms with Crippen LogP contribution in [0.15, 0.2) is 28.1 Å². The first-order chi connectivity index (χ1) is 11.7. The fourth-order valence-electron chi connectivity index (χ4n) is 2.87. The molecule has 1 fully saturated rings. The van der Waals surface area contributed by atoms with Crippen LogP contribution in [0, 0.1) is 0 Å². The van der Waals surface area contributed by atoms with E-state index in [2.05, 4.69) is 28.6 Å². The Labute approximate surface area is 146 Å². The van der Waals surface area contributed by atoms with Crippen molar-refractivity contribution in [2.45, 2.75) is 20.4 Å². The molecule has 1 amide bonds. The maximum Gasteiger partial charge on any atom is 0.289 e. The minimum atomic E-state index is -0.0143. The van der Waals surface area contributed by atoms with Gasteiger partial charge < -0.3 is 14.2 Å². The highest BCUT2D eigenvalue weighted by Crippen LogP contribution is 2.20. The van der Waals surface area contributed by atoms with Gasteiger partial charge >= 0.3 is 0 Å². The summed E-state index contributed by atoms with van der Waals surface area (Å²) in [6.45, 7) is 9.96. The lowest BCUT2D eigenvalue weighted by Crippen LogP contribution is -2.48. The number of carbonyl (C=O) groups is 1. The summed E-state index contributed by atoms with van der Waals surface area (Å²) in [6, 6.07) is 3.71. The quantitative estimate of drug-likeness (QED) is 0.803. The van der Waals surface area contributed by atoms with Crippen molar-refractivity contribution < 1.29 is 9.21 Å². The molecule has 2 aromatic heterocycles. The van der Waals surface area contributed by atoms with Gasteiger partial charge in [0.05, 0.1) is 6.54 Å². The highest BCUT2D eigenvalue weighted by atomic mass is 32.1. The maximum atomic E-state index is 12.6. The first-order valence-corrected chi connectivity index (χ1v) is 9.34. The molecule has 6 nitrogen and oxygen atoms in total. The number of anilines is 1. The van der Waals surface area contributed by atoms with E-state index < -0.39 is 0 Å². The number of piperazine rings is 1. The summed E-state index contributed by atoms with van der Waals surface area (Å²) >= 11 is 1.64. The second kappa shape index (κ2) is 7.81. The van der Waals surface area contributed by atoms with E-state index >= 15 is 0 Å². The van der Waals surface area contributed by atoms with Gasteiger partial charge in [-0.25, -0.2) is 4.98 Å². The Bertz CT molecular complexity index is 643. The van der Waals surface area contributed by atoms with E-state index in [1.807, 2.05) is 22.5 Å². The van der Waals surface area contributed by atoms with Crippen LogP contribution in [0.3, 0.4) is 0 Å². The van der Waals surface area contributed by atoms with Gasteiger partial charge in [0.2, 0.25) is 0 Å². The fourth-order valence-corrected chi connectivity index (χ4v) is 3.57. The molecule has 7 heteroatoms. The minimum Gasteiger partial charge on any atom is -0.455 e. The van der Waals surface area contributed by atoms with Crippen LogP contribution in [0.5, 0.6) is 0 Å². The molecule has 0 N–H and O–H groups in total. The molecule has 3 heterocycles. The summed E-state index contributed by atoms with van der Waals surface area (Å²) in [7, 11) is 0. The standard InChI is InChI=1S/C17H24N4O2S/c1-3-19(4-2)13-14-5-6-15(23-14)16(22)20-8-10-21(11-9-20)17-18-7-12-24-17/h5-7,12H,3-4,8-11,13H2,1-2H3. The number of furan rings is 1. The zero-order valence-electron chi connectivity index (χ0n) is 14.3. The molecule has 1 aliphatic rings. The third kappa shape index (κ3) is 3.79. The highest BCUT2D eigenvalue weighted by Gasteiger charge is 2.25. The summed E-state index contributed by atoms with van der Waals surface area (Å²) in [6.07, 6.45) is 1.82. The van der Waals surface area contributed by atoms with Gasteiger partial charge in [0.15, 0.2) is 10.9 Å². The molecular weight excluding hydrogens is 324 g/mol. The van der Waals surface area contributed by atoms with Crippen LogP contribution < -0.4 is 4.90 Å². The van der Waals surface area contributed by atoms with Crippen LogP contribution in [0.4, 0.5) is 5.13 Å². The van der Waals surface area contributed by atoms with Crippen molar-refractivity contribution in [3.05, 3.63) is 35.2 Å². The van der Waals surface area contributed by atoms with Crippen LogP contribution in [0.25, 0.3) is 0 Å². The van der Waals surface area contributed by atoms with Gasteiger partial charge in [0.25, 0.3) is 5.91 Å². The number of aromatic nitrogens is 1. The number of thiazole rings is 1. The van der Waals surface area contributed by atoms with Crippen molar-refractivity contribution in [1.82, 2.24) is 14.8 Å². The third-order valence-corrected chi connectivity index (χ3v) is 5.24. The molecule has 0 aromatic carbocycles. The predicted molar refractivity (Wildman–Crippen MR) is 95.6 cm³/mol. The summed E-state index contributed by atoms with van der Waals surface area (Å²) in [5.74, 6) is 1.28. The normalized spacial score (nSPS) is 15.3. The fraction of sp³-hybridized carbons (Fsp3) is 0.529. The van der Waals surface area contributed by atoms with Crippen LogP contribution in [0.1, 0.15) is 30.2 Å². The van der Waals surface area contributed by atoms with Gasteiger partial charge in [0.1, 0.15) is 5.76 Å². The molecule has 1 saturated heterocycles. The van der Waals surface area contributed by atoms with Crippen LogP contribution in [-0.2, 0) is 6.54 Å². The molecule has 0 saturated carbocycles. The van der Waals surface area contributed by atoms with Crippen molar-refractivity contribution in [1.29, 1.82) is 0 Å². The minimum absolute atomic E-state index is 0.0143. The Hall–Kier alpha value is -1.86. The number of rotatable bonds is 6.